The van der Waals surface area contributed by atoms with Crippen molar-refractivity contribution in [3.8, 4) is 0 Å². The predicted octanol–water partition coefficient (Wildman–Crippen LogP) is 2.40. The van der Waals surface area contributed by atoms with Crippen molar-refractivity contribution in [3.63, 3.8) is 0 Å². The number of hydrogen-bond acceptors (Lipinski definition) is 6. The van der Waals surface area contributed by atoms with Crippen molar-refractivity contribution in [3.05, 3.63) is 74.3 Å². The molecule has 0 saturated carbocycles. The molecule has 0 heterocycles. The van der Waals surface area contributed by atoms with Crippen LogP contribution in [0.1, 0.15) is 11.6 Å². The Morgan fingerprint density at radius 1 is 1.04 bits per heavy atom. The third kappa shape index (κ3) is 3.64. The van der Waals surface area contributed by atoms with Crippen LogP contribution >= 0.6 is 0 Å². The second kappa shape index (κ2) is 7.18. The zero-order chi connectivity index (χ0) is 17.7. The third-order valence-electron chi connectivity index (χ3n) is 3.33. The zero-order valence-corrected chi connectivity index (χ0v) is 12.6. The molecule has 0 bridgehead atoms. The minimum Gasteiger partial charge on any atom is -0.364 e. The van der Waals surface area contributed by atoms with Crippen molar-refractivity contribution in [2.24, 2.45) is 0 Å². The first-order valence-corrected chi connectivity index (χ1v) is 6.90. The van der Waals surface area contributed by atoms with Crippen molar-refractivity contribution < 1.29 is 14.6 Å². The van der Waals surface area contributed by atoms with E-state index in [1.54, 1.807) is 30.3 Å². The van der Waals surface area contributed by atoms with Gasteiger partial charge in [0, 0.05) is 13.1 Å². The molecule has 0 aromatic heterocycles. The highest BCUT2D eigenvalue weighted by atomic mass is 16.6. The van der Waals surface area contributed by atoms with Crippen LogP contribution in [-0.2, 0) is 4.79 Å². The van der Waals surface area contributed by atoms with Crippen LogP contribution in [0.5, 0.6) is 0 Å². The fourth-order valence-electron chi connectivity index (χ4n) is 2.15. The van der Waals surface area contributed by atoms with Crippen molar-refractivity contribution in [1.82, 2.24) is 5.32 Å². The van der Waals surface area contributed by atoms with E-state index >= 15 is 0 Å². The second-order valence-electron chi connectivity index (χ2n) is 4.82. The number of nitro groups is 2. The summed E-state index contributed by atoms with van der Waals surface area (Å²) in [7, 11) is 1.45. The predicted molar refractivity (Wildman–Crippen MR) is 86.6 cm³/mol. The van der Waals surface area contributed by atoms with Crippen molar-refractivity contribution >= 4 is 23.0 Å². The lowest BCUT2D eigenvalue weighted by molar-refractivity contribution is -0.393. The fraction of sp³-hybridized carbons (Fsp3) is 0.133. The van der Waals surface area contributed by atoms with Gasteiger partial charge in [0.05, 0.1) is 15.9 Å². The SMILES string of the molecule is CNC(=O)[C@@H](Nc1ccc([N+](=O)[O-])cc1[N+](=O)[O-])c1ccccc1. The molecular weight excluding hydrogens is 316 g/mol. The highest BCUT2D eigenvalue weighted by molar-refractivity contribution is 5.86. The van der Waals surface area contributed by atoms with Crippen LogP contribution in [0.3, 0.4) is 0 Å². The van der Waals surface area contributed by atoms with Gasteiger partial charge in [-0.3, -0.25) is 25.0 Å². The van der Waals surface area contributed by atoms with Gasteiger partial charge in [0.15, 0.2) is 0 Å². The van der Waals surface area contributed by atoms with Crippen LogP contribution in [-0.4, -0.2) is 22.8 Å². The maximum Gasteiger partial charge on any atom is 0.299 e. The van der Waals surface area contributed by atoms with E-state index in [9.17, 15) is 25.0 Å². The average molecular weight is 330 g/mol. The topological polar surface area (TPSA) is 127 Å². The first kappa shape index (κ1) is 16.9. The van der Waals surface area contributed by atoms with Crippen LogP contribution in [0.25, 0.3) is 0 Å². The highest BCUT2D eigenvalue weighted by Gasteiger charge is 2.25. The number of benzene rings is 2. The number of non-ortho nitro benzene ring substituents is 1. The maximum atomic E-state index is 12.1. The van der Waals surface area contributed by atoms with Gasteiger partial charge in [-0.25, -0.2) is 0 Å². The molecule has 2 aromatic carbocycles. The number of nitrogens with zero attached hydrogens (tertiary/aromatic N) is 2. The summed E-state index contributed by atoms with van der Waals surface area (Å²) in [5.74, 6) is -0.395. The number of carbonyl (C=O) groups is 1. The molecule has 0 unspecified atom stereocenters. The molecular formula is C15H14N4O5. The number of nitro benzene ring substituents is 2. The van der Waals surface area contributed by atoms with E-state index in [2.05, 4.69) is 10.6 Å². The average Bonchev–Trinajstić information content (AvgIpc) is 2.59. The first-order chi connectivity index (χ1) is 11.4. The molecule has 2 aromatic rings. The van der Waals surface area contributed by atoms with Gasteiger partial charge in [0.25, 0.3) is 11.4 Å². The Morgan fingerprint density at radius 2 is 1.71 bits per heavy atom. The summed E-state index contributed by atoms with van der Waals surface area (Å²) in [5, 5.41) is 27.2. The molecule has 9 heteroatoms. The molecule has 0 radical (unpaired) electrons. The standard InChI is InChI=1S/C15H14N4O5/c1-16-15(20)14(10-5-3-2-4-6-10)17-12-8-7-11(18(21)22)9-13(12)19(23)24/h2-9,14,17H,1H3,(H,16,20)/t14-/m0/s1. The third-order valence-corrected chi connectivity index (χ3v) is 3.33. The van der Waals surface area contributed by atoms with E-state index < -0.39 is 33.2 Å². The summed E-state index contributed by atoms with van der Waals surface area (Å²) in [4.78, 5) is 32.6. The smallest absolute Gasteiger partial charge is 0.299 e. The summed E-state index contributed by atoms with van der Waals surface area (Å²) in [6, 6.07) is 11.0. The Hall–Kier alpha value is -3.49. The molecule has 1 amide bonds. The number of hydrogen-bond donors (Lipinski definition) is 2. The maximum absolute atomic E-state index is 12.1. The minimum atomic E-state index is -0.878. The Morgan fingerprint density at radius 3 is 2.25 bits per heavy atom. The van der Waals surface area contributed by atoms with E-state index in [4.69, 9.17) is 0 Å². The molecule has 0 saturated heterocycles. The Kier molecular flexibility index (Phi) is 5.05. The summed E-state index contributed by atoms with van der Waals surface area (Å²) >= 11 is 0. The minimum absolute atomic E-state index is 0.0167. The molecule has 2 rings (SSSR count). The van der Waals surface area contributed by atoms with Gasteiger partial charge in [0.2, 0.25) is 5.91 Å². The zero-order valence-electron chi connectivity index (χ0n) is 12.6. The molecule has 2 N–H and O–H groups in total. The van der Waals surface area contributed by atoms with E-state index in [0.717, 1.165) is 12.1 Å². The van der Waals surface area contributed by atoms with Crippen molar-refractivity contribution in [1.29, 1.82) is 0 Å². The van der Waals surface area contributed by atoms with E-state index in [-0.39, 0.29) is 5.69 Å². The fourth-order valence-corrected chi connectivity index (χ4v) is 2.15. The molecule has 9 nitrogen and oxygen atoms in total. The van der Waals surface area contributed by atoms with Gasteiger partial charge in [-0.05, 0) is 11.6 Å². The van der Waals surface area contributed by atoms with E-state index in [1.165, 1.54) is 13.1 Å². The Bertz CT molecular complexity index is 779. The van der Waals surface area contributed by atoms with Crippen LogP contribution in [0, 0.1) is 20.2 Å². The Balaban J connectivity index is 2.44. The molecule has 0 aliphatic heterocycles. The molecule has 1 atom stereocenters. The van der Waals surface area contributed by atoms with Gasteiger partial charge in [-0.2, -0.15) is 0 Å². The number of nitrogens with one attached hydrogen (secondary N) is 2. The molecule has 0 aliphatic carbocycles. The monoisotopic (exact) mass is 330 g/mol. The van der Waals surface area contributed by atoms with Gasteiger partial charge < -0.3 is 10.6 Å². The van der Waals surface area contributed by atoms with E-state index in [0.29, 0.717) is 5.56 Å². The number of amides is 1. The van der Waals surface area contributed by atoms with Gasteiger partial charge in [-0.1, -0.05) is 30.3 Å². The normalized spacial score (nSPS) is 11.4. The summed E-state index contributed by atoms with van der Waals surface area (Å²) in [6.45, 7) is 0. The lowest BCUT2D eigenvalue weighted by Gasteiger charge is -2.18. The number of carbonyl (C=O) groups excluding carboxylic acids is 1. The molecule has 24 heavy (non-hydrogen) atoms. The van der Waals surface area contributed by atoms with Crippen LogP contribution in [0.15, 0.2) is 48.5 Å². The van der Waals surface area contributed by atoms with Crippen molar-refractivity contribution in [2.45, 2.75) is 6.04 Å². The molecule has 124 valence electrons. The van der Waals surface area contributed by atoms with Crippen LogP contribution < -0.4 is 10.6 Å². The highest BCUT2D eigenvalue weighted by Crippen LogP contribution is 2.31. The quantitative estimate of drug-likeness (QED) is 0.618. The molecule has 0 spiro atoms. The van der Waals surface area contributed by atoms with Crippen LogP contribution in [0.2, 0.25) is 0 Å². The molecule has 0 fully saturated rings. The second-order valence-corrected chi connectivity index (χ2v) is 4.82. The van der Waals surface area contributed by atoms with E-state index in [1.807, 2.05) is 0 Å². The summed E-state index contributed by atoms with van der Waals surface area (Å²) in [6.07, 6.45) is 0. The lowest BCUT2D eigenvalue weighted by Crippen LogP contribution is -2.31. The summed E-state index contributed by atoms with van der Waals surface area (Å²) in [5.41, 5.74) is -0.259. The van der Waals surface area contributed by atoms with Gasteiger partial charge in [0.1, 0.15) is 11.7 Å². The number of likely N-dealkylation sites (N-methyl/N-ethyl adjacent to an activating group) is 1. The number of rotatable bonds is 6. The van der Waals surface area contributed by atoms with Crippen molar-refractivity contribution in [2.75, 3.05) is 12.4 Å². The number of anilines is 1. The molecule has 0 aliphatic rings. The van der Waals surface area contributed by atoms with Gasteiger partial charge in [-0.15, -0.1) is 0 Å². The Labute approximate surface area is 136 Å². The summed E-state index contributed by atoms with van der Waals surface area (Å²) < 4.78 is 0. The largest absolute Gasteiger partial charge is 0.364 e. The lowest BCUT2D eigenvalue weighted by atomic mass is 10.1. The van der Waals surface area contributed by atoms with Crippen LogP contribution in [0.4, 0.5) is 17.1 Å². The first-order valence-electron chi connectivity index (χ1n) is 6.90. The van der Waals surface area contributed by atoms with Gasteiger partial charge >= 0.3 is 0 Å².